The molecule has 1 atom stereocenters. The van der Waals surface area contributed by atoms with Crippen molar-refractivity contribution in [3.63, 3.8) is 0 Å². The number of rotatable bonds is 5. The van der Waals surface area contributed by atoms with Gasteiger partial charge in [0.25, 0.3) is 15.9 Å². The number of hydrogen-bond acceptors (Lipinski definition) is 6. The van der Waals surface area contributed by atoms with Gasteiger partial charge in [-0.1, -0.05) is 18.1 Å². The third-order valence-corrected chi connectivity index (χ3v) is 4.46. The van der Waals surface area contributed by atoms with E-state index in [2.05, 4.69) is 21.0 Å². The van der Waals surface area contributed by atoms with Crippen LogP contribution in [0.15, 0.2) is 34.2 Å². The lowest BCUT2D eigenvalue weighted by molar-refractivity contribution is -0.149. The number of benzene rings is 1. The van der Waals surface area contributed by atoms with Crippen LogP contribution in [-0.4, -0.2) is 45.3 Å². The van der Waals surface area contributed by atoms with E-state index >= 15 is 0 Å². The SMILES string of the molecule is C#CCNC(=O)COC(=O)[C@H](C)N=C1NS(=O)(=O)c2ccccc21. The summed E-state index contributed by atoms with van der Waals surface area (Å²) in [7, 11) is -3.68. The number of sulfonamides is 1. The van der Waals surface area contributed by atoms with Crippen molar-refractivity contribution in [3.05, 3.63) is 29.8 Å². The molecule has 0 saturated heterocycles. The van der Waals surface area contributed by atoms with Gasteiger partial charge in [0.15, 0.2) is 6.61 Å². The number of esters is 1. The van der Waals surface area contributed by atoms with E-state index in [-0.39, 0.29) is 17.3 Å². The van der Waals surface area contributed by atoms with Crippen LogP contribution in [0.4, 0.5) is 0 Å². The monoisotopic (exact) mass is 349 g/mol. The molecular formula is C15H15N3O5S. The minimum absolute atomic E-state index is 0.0345. The molecule has 0 aliphatic carbocycles. The summed E-state index contributed by atoms with van der Waals surface area (Å²) in [5.74, 6) is 0.981. The zero-order chi connectivity index (χ0) is 17.7. The van der Waals surface area contributed by atoms with Crippen molar-refractivity contribution >= 4 is 27.7 Å². The number of aliphatic imine (C=N–C) groups is 1. The van der Waals surface area contributed by atoms with E-state index in [1.165, 1.54) is 13.0 Å². The van der Waals surface area contributed by atoms with Crippen LogP contribution in [0.5, 0.6) is 0 Å². The number of carbonyl (C=O) groups is 2. The standard InChI is InChI=1S/C15H15N3O5S/c1-3-8-16-13(19)9-23-15(20)10(2)17-14-11-6-4-5-7-12(11)24(21,22)18-14/h1,4-7,10H,8-9H2,2H3,(H,16,19)(H,17,18)/t10-/m0/s1. The Hall–Kier alpha value is -2.86. The van der Waals surface area contributed by atoms with Gasteiger partial charge in [0.05, 0.1) is 11.4 Å². The molecule has 0 bridgehead atoms. The lowest BCUT2D eigenvalue weighted by Crippen LogP contribution is -2.32. The van der Waals surface area contributed by atoms with Crippen molar-refractivity contribution in [3.8, 4) is 12.3 Å². The van der Waals surface area contributed by atoms with Crippen LogP contribution in [0.3, 0.4) is 0 Å². The Labute approximate surface area is 139 Å². The molecule has 8 nitrogen and oxygen atoms in total. The molecular weight excluding hydrogens is 334 g/mol. The number of nitrogens with one attached hydrogen (secondary N) is 2. The first-order chi connectivity index (χ1) is 11.3. The molecule has 126 valence electrons. The van der Waals surface area contributed by atoms with Gasteiger partial charge in [-0.2, -0.15) is 0 Å². The highest BCUT2D eigenvalue weighted by Crippen LogP contribution is 2.22. The van der Waals surface area contributed by atoms with Crippen molar-refractivity contribution in [2.24, 2.45) is 4.99 Å². The van der Waals surface area contributed by atoms with Crippen LogP contribution < -0.4 is 10.0 Å². The average Bonchev–Trinajstić information content (AvgIpc) is 2.81. The Morgan fingerprint density at radius 2 is 2.12 bits per heavy atom. The molecule has 1 aliphatic rings. The number of hydrogen-bond donors (Lipinski definition) is 2. The molecule has 0 fully saturated rings. The molecule has 1 aromatic rings. The van der Waals surface area contributed by atoms with Gasteiger partial charge >= 0.3 is 5.97 Å². The summed E-state index contributed by atoms with van der Waals surface area (Å²) < 4.78 is 31.0. The van der Waals surface area contributed by atoms with E-state index in [1.807, 2.05) is 0 Å². The van der Waals surface area contributed by atoms with Crippen molar-refractivity contribution in [1.82, 2.24) is 10.0 Å². The van der Waals surface area contributed by atoms with Gasteiger partial charge in [-0.3, -0.25) is 14.5 Å². The highest BCUT2D eigenvalue weighted by Gasteiger charge is 2.31. The van der Waals surface area contributed by atoms with Crippen molar-refractivity contribution in [2.45, 2.75) is 17.9 Å². The summed E-state index contributed by atoms with van der Waals surface area (Å²) in [6, 6.07) is 5.29. The predicted molar refractivity (Wildman–Crippen MR) is 85.6 cm³/mol. The van der Waals surface area contributed by atoms with Crippen LogP contribution in [-0.2, 0) is 24.3 Å². The number of amidine groups is 1. The number of nitrogens with zero attached hydrogens (tertiary/aromatic N) is 1. The number of terminal acetylenes is 1. The highest BCUT2D eigenvalue weighted by atomic mass is 32.2. The first kappa shape index (κ1) is 17.5. The Morgan fingerprint density at radius 1 is 1.42 bits per heavy atom. The Bertz CT molecular complexity index is 839. The second-order valence-electron chi connectivity index (χ2n) is 4.84. The van der Waals surface area contributed by atoms with Crippen molar-refractivity contribution < 1.29 is 22.7 Å². The molecule has 0 aromatic heterocycles. The van der Waals surface area contributed by atoms with Crippen LogP contribution in [0, 0.1) is 12.3 Å². The maximum atomic E-state index is 12.0. The summed E-state index contributed by atoms with van der Waals surface area (Å²) in [5.41, 5.74) is 0.379. The summed E-state index contributed by atoms with van der Waals surface area (Å²) in [5, 5.41) is 2.34. The van der Waals surface area contributed by atoms with Gasteiger partial charge in [0, 0.05) is 5.56 Å². The van der Waals surface area contributed by atoms with E-state index in [4.69, 9.17) is 11.2 Å². The van der Waals surface area contributed by atoms with Crippen LogP contribution in [0.25, 0.3) is 0 Å². The molecule has 0 spiro atoms. The predicted octanol–water partition coefficient (Wildman–Crippen LogP) is -0.594. The molecule has 1 heterocycles. The normalized spacial score (nSPS) is 17.2. The third-order valence-electron chi connectivity index (χ3n) is 3.06. The fourth-order valence-electron chi connectivity index (χ4n) is 1.93. The van der Waals surface area contributed by atoms with Gasteiger partial charge in [0.2, 0.25) is 0 Å². The van der Waals surface area contributed by atoms with E-state index in [0.717, 1.165) is 0 Å². The summed E-state index contributed by atoms with van der Waals surface area (Å²) >= 11 is 0. The molecule has 0 saturated carbocycles. The topological polar surface area (TPSA) is 114 Å². The Kier molecular flexibility index (Phi) is 5.21. The molecule has 0 radical (unpaired) electrons. The maximum Gasteiger partial charge on any atom is 0.331 e. The van der Waals surface area contributed by atoms with Gasteiger partial charge in [-0.25, -0.2) is 13.2 Å². The third kappa shape index (κ3) is 3.91. The van der Waals surface area contributed by atoms with Crippen LogP contribution >= 0.6 is 0 Å². The van der Waals surface area contributed by atoms with Crippen LogP contribution in [0.1, 0.15) is 12.5 Å². The van der Waals surface area contributed by atoms with Crippen molar-refractivity contribution in [1.29, 1.82) is 0 Å². The minimum Gasteiger partial charge on any atom is -0.454 e. The van der Waals surface area contributed by atoms with Gasteiger partial charge < -0.3 is 10.1 Å². The molecule has 2 N–H and O–H groups in total. The lowest BCUT2D eigenvalue weighted by Gasteiger charge is -2.08. The first-order valence-electron chi connectivity index (χ1n) is 6.92. The molecule has 1 aromatic carbocycles. The number of amides is 1. The Morgan fingerprint density at radius 3 is 2.83 bits per heavy atom. The highest BCUT2D eigenvalue weighted by molar-refractivity contribution is 7.90. The van der Waals surface area contributed by atoms with Crippen molar-refractivity contribution in [2.75, 3.05) is 13.2 Å². The maximum absolute atomic E-state index is 12.0. The van der Waals surface area contributed by atoms with Gasteiger partial charge in [-0.15, -0.1) is 6.42 Å². The smallest absolute Gasteiger partial charge is 0.331 e. The minimum atomic E-state index is -3.68. The second-order valence-corrected chi connectivity index (χ2v) is 6.49. The quantitative estimate of drug-likeness (QED) is 0.545. The summed E-state index contributed by atoms with van der Waals surface area (Å²) in [4.78, 5) is 27.3. The Balaban J connectivity index is 2.05. The zero-order valence-electron chi connectivity index (χ0n) is 12.8. The van der Waals surface area contributed by atoms with Gasteiger partial charge in [-0.05, 0) is 19.1 Å². The molecule has 1 aliphatic heterocycles. The van der Waals surface area contributed by atoms with E-state index in [9.17, 15) is 18.0 Å². The van der Waals surface area contributed by atoms with Gasteiger partial charge in [0.1, 0.15) is 11.9 Å². The largest absolute Gasteiger partial charge is 0.454 e. The summed E-state index contributed by atoms with van der Waals surface area (Å²) in [6.07, 6.45) is 4.99. The van der Waals surface area contributed by atoms with E-state index < -0.39 is 34.5 Å². The number of fused-ring (bicyclic) bond motifs is 1. The van der Waals surface area contributed by atoms with E-state index in [1.54, 1.807) is 18.2 Å². The zero-order valence-corrected chi connectivity index (χ0v) is 13.6. The number of ether oxygens (including phenoxy) is 1. The average molecular weight is 349 g/mol. The number of carbonyl (C=O) groups excluding carboxylic acids is 2. The van der Waals surface area contributed by atoms with Crippen LogP contribution in [0.2, 0.25) is 0 Å². The first-order valence-corrected chi connectivity index (χ1v) is 8.40. The van der Waals surface area contributed by atoms with E-state index in [0.29, 0.717) is 5.56 Å². The lowest BCUT2D eigenvalue weighted by atomic mass is 10.2. The molecule has 9 heteroatoms. The molecule has 2 rings (SSSR count). The summed E-state index contributed by atoms with van der Waals surface area (Å²) in [6.45, 7) is 0.981. The molecule has 24 heavy (non-hydrogen) atoms. The molecule has 1 amide bonds. The molecule has 0 unspecified atom stereocenters. The fourth-order valence-corrected chi connectivity index (χ4v) is 3.17. The second kappa shape index (κ2) is 7.14. The fraction of sp³-hybridized carbons (Fsp3) is 0.267.